The second-order valence-corrected chi connectivity index (χ2v) is 2.00. The summed E-state index contributed by atoms with van der Waals surface area (Å²) in [4.78, 5) is 20.8. The molecule has 0 aromatic carbocycles. The van der Waals surface area contributed by atoms with Gasteiger partial charge in [0.05, 0.1) is 6.42 Å². The molecule has 0 aliphatic rings. The molecular weight excluding hydrogens is 148 g/mol. The highest BCUT2D eigenvalue weighted by Gasteiger charge is 2.14. The second kappa shape index (κ2) is 4.68. The van der Waals surface area contributed by atoms with Crippen molar-refractivity contribution in [3.63, 3.8) is 0 Å². The van der Waals surface area contributed by atoms with Crippen molar-refractivity contribution in [1.29, 1.82) is 0 Å². The number of carbonyl (C=O) groups excluding carboxylic acids is 1. The molecule has 0 spiro atoms. The highest BCUT2D eigenvalue weighted by atomic mass is 16.4. The van der Waals surface area contributed by atoms with Crippen LogP contribution in [0.3, 0.4) is 0 Å². The van der Waals surface area contributed by atoms with Gasteiger partial charge in [0, 0.05) is 6.54 Å². The lowest BCUT2D eigenvalue weighted by atomic mass is 10.2. The van der Waals surface area contributed by atoms with Gasteiger partial charge in [0.2, 0.25) is 5.91 Å². The molecule has 0 heterocycles. The van der Waals surface area contributed by atoms with Gasteiger partial charge in [-0.25, -0.2) is 0 Å². The van der Waals surface area contributed by atoms with Gasteiger partial charge in [-0.2, -0.15) is 0 Å². The molecule has 0 saturated carbocycles. The summed E-state index contributed by atoms with van der Waals surface area (Å²) in [5.41, 5.74) is 5.07. The third-order valence-corrected chi connectivity index (χ3v) is 1.04. The average Bonchev–Trinajstić information content (AvgIpc) is 1.87. The Bertz CT molecular complexity index is 158. The van der Waals surface area contributed by atoms with E-state index in [1.54, 1.807) is 0 Å². The van der Waals surface area contributed by atoms with Gasteiger partial charge >= 0.3 is 5.97 Å². The molecule has 0 aliphatic heterocycles. The molecule has 1 atom stereocenters. The van der Waals surface area contributed by atoms with Crippen LogP contribution < -0.4 is 11.1 Å². The molecule has 1 unspecified atom stereocenters. The molecule has 5 nitrogen and oxygen atoms in total. The minimum absolute atomic E-state index is 0.204. The fraction of sp³-hybridized carbons (Fsp3) is 0.500. The molecular formula is C6H11N2O3. The lowest BCUT2D eigenvalue weighted by Gasteiger charge is -2.04. The Hall–Kier alpha value is -1.10. The summed E-state index contributed by atoms with van der Waals surface area (Å²) in [6, 6.07) is -1.12. The Morgan fingerprint density at radius 1 is 1.64 bits per heavy atom. The van der Waals surface area contributed by atoms with Gasteiger partial charge in [-0.15, -0.1) is 0 Å². The summed E-state index contributed by atoms with van der Waals surface area (Å²) in [5, 5.41) is 10.6. The molecule has 0 aliphatic carbocycles. The van der Waals surface area contributed by atoms with E-state index < -0.39 is 17.9 Å². The predicted octanol–water partition coefficient (Wildman–Crippen LogP) is -1.26. The van der Waals surface area contributed by atoms with E-state index in [0.29, 0.717) is 0 Å². The monoisotopic (exact) mass is 159 g/mol. The zero-order valence-corrected chi connectivity index (χ0v) is 6.04. The van der Waals surface area contributed by atoms with E-state index in [2.05, 4.69) is 12.2 Å². The van der Waals surface area contributed by atoms with Gasteiger partial charge in [0.15, 0.2) is 0 Å². The molecule has 0 fully saturated rings. The van der Waals surface area contributed by atoms with Crippen molar-refractivity contribution >= 4 is 11.9 Å². The van der Waals surface area contributed by atoms with Crippen LogP contribution in [0, 0.1) is 6.92 Å². The fourth-order valence-electron chi connectivity index (χ4n) is 0.499. The minimum atomic E-state index is -1.18. The van der Waals surface area contributed by atoms with Crippen molar-refractivity contribution in [3.05, 3.63) is 6.92 Å². The minimum Gasteiger partial charge on any atom is -0.480 e. The zero-order chi connectivity index (χ0) is 8.85. The Morgan fingerprint density at radius 3 is 2.55 bits per heavy atom. The van der Waals surface area contributed by atoms with E-state index in [-0.39, 0.29) is 13.0 Å². The number of nitrogens with one attached hydrogen (secondary N) is 1. The molecule has 0 rings (SSSR count). The molecule has 0 aromatic rings. The van der Waals surface area contributed by atoms with Gasteiger partial charge in [-0.05, 0) is 6.92 Å². The Morgan fingerprint density at radius 2 is 2.18 bits per heavy atom. The van der Waals surface area contributed by atoms with Crippen molar-refractivity contribution < 1.29 is 14.7 Å². The van der Waals surface area contributed by atoms with Crippen LogP contribution >= 0.6 is 0 Å². The molecule has 11 heavy (non-hydrogen) atoms. The SMILES string of the molecule is [CH2]CNC(=O)CC(N)C(=O)O. The van der Waals surface area contributed by atoms with Crippen LogP contribution in [0.2, 0.25) is 0 Å². The van der Waals surface area contributed by atoms with E-state index >= 15 is 0 Å². The maximum atomic E-state index is 10.7. The third-order valence-electron chi connectivity index (χ3n) is 1.04. The number of nitrogens with two attached hydrogens (primary N) is 1. The van der Waals surface area contributed by atoms with Gasteiger partial charge in [0.25, 0.3) is 0 Å². The number of rotatable bonds is 4. The largest absolute Gasteiger partial charge is 0.480 e. The first-order chi connectivity index (χ1) is 5.07. The van der Waals surface area contributed by atoms with Crippen molar-refractivity contribution in [2.45, 2.75) is 12.5 Å². The molecule has 63 valence electrons. The first-order valence-corrected chi connectivity index (χ1v) is 3.12. The number of aliphatic carboxylic acids is 1. The average molecular weight is 159 g/mol. The summed E-state index contributed by atoms with van der Waals surface area (Å²) in [6.45, 7) is 3.60. The Kier molecular flexibility index (Phi) is 4.21. The van der Waals surface area contributed by atoms with Crippen molar-refractivity contribution in [1.82, 2.24) is 5.32 Å². The first kappa shape index (κ1) is 9.90. The Balaban J connectivity index is 3.66. The Labute approximate surface area is 64.6 Å². The highest BCUT2D eigenvalue weighted by Crippen LogP contribution is 1.87. The standard InChI is InChI=1S/C6H11N2O3/c1-2-8-5(9)3-4(7)6(10)11/h4H,1-3,7H2,(H,8,9)(H,10,11). The molecule has 4 N–H and O–H groups in total. The number of amides is 1. The number of carboxylic acids is 1. The van der Waals surface area contributed by atoms with E-state index in [1.807, 2.05) is 0 Å². The lowest BCUT2D eigenvalue weighted by Crippen LogP contribution is -2.36. The van der Waals surface area contributed by atoms with Gasteiger partial charge in [0.1, 0.15) is 6.04 Å². The van der Waals surface area contributed by atoms with Crippen LogP contribution in [0.15, 0.2) is 0 Å². The first-order valence-electron chi connectivity index (χ1n) is 3.12. The van der Waals surface area contributed by atoms with E-state index in [1.165, 1.54) is 0 Å². The quantitative estimate of drug-likeness (QED) is 0.477. The van der Waals surface area contributed by atoms with Crippen LogP contribution in [0.5, 0.6) is 0 Å². The van der Waals surface area contributed by atoms with Gasteiger partial charge < -0.3 is 16.2 Å². The van der Waals surface area contributed by atoms with Crippen LogP contribution in [0.25, 0.3) is 0 Å². The number of hydrogen-bond donors (Lipinski definition) is 3. The molecule has 0 aromatic heterocycles. The zero-order valence-electron chi connectivity index (χ0n) is 6.04. The van der Waals surface area contributed by atoms with Crippen LogP contribution in [-0.4, -0.2) is 29.6 Å². The summed E-state index contributed by atoms with van der Waals surface area (Å²) >= 11 is 0. The molecule has 0 saturated heterocycles. The number of carbonyl (C=O) groups is 2. The fourth-order valence-corrected chi connectivity index (χ4v) is 0.499. The molecule has 1 radical (unpaired) electrons. The predicted molar refractivity (Wildman–Crippen MR) is 38.6 cm³/mol. The number of carboxylic acid groups (broad SMARTS) is 1. The van der Waals surface area contributed by atoms with Crippen LogP contribution in [0.1, 0.15) is 6.42 Å². The van der Waals surface area contributed by atoms with Crippen molar-refractivity contribution in [2.24, 2.45) is 5.73 Å². The van der Waals surface area contributed by atoms with Crippen LogP contribution in [0.4, 0.5) is 0 Å². The third kappa shape index (κ3) is 4.32. The molecule has 0 bridgehead atoms. The molecule has 5 heteroatoms. The number of hydrogen-bond acceptors (Lipinski definition) is 3. The lowest BCUT2D eigenvalue weighted by molar-refractivity contribution is -0.140. The summed E-state index contributed by atoms with van der Waals surface area (Å²) in [6.07, 6.45) is -0.204. The second-order valence-electron chi connectivity index (χ2n) is 2.00. The van der Waals surface area contributed by atoms with Crippen molar-refractivity contribution in [3.8, 4) is 0 Å². The van der Waals surface area contributed by atoms with Crippen LogP contribution in [-0.2, 0) is 9.59 Å². The molecule has 1 amide bonds. The van der Waals surface area contributed by atoms with Gasteiger partial charge in [-0.3, -0.25) is 9.59 Å². The topological polar surface area (TPSA) is 92.4 Å². The smallest absolute Gasteiger partial charge is 0.321 e. The summed E-state index contributed by atoms with van der Waals surface area (Å²) in [5.74, 6) is -1.57. The van der Waals surface area contributed by atoms with E-state index in [9.17, 15) is 9.59 Å². The summed E-state index contributed by atoms with van der Waals surface area (Å²) < 4.78 is 0. The normalized spacial score (nSPS) is 12.2. The maximum absolute atomic E-state index is 10.7. The van der Waals surface area contributed by atoms with Crippen molar-refractivity contribution in [2.75, 3.05) is 6.54 Å². The highest BCUT2D eigenvalue weighted by molar-refractivity contribution is 5.84. The summed E-state index contributed by atoms with van der Waals surface area (Å²) in [7, 11) is 0. The van der Waals surface area contributed by atoms with E-state index in [4.69, 9.17) is 10.8 Å². The van der Waals surface area contributed by atoms with Gasteiger partial charge in [-0.1, -0.05) is 0 Å². The van der Waals surface area contributed by atoms with E-state index in [0.717, 1.165) is 0 Å². The maximum Gasteiger partial charge on any atom is 0.321 e.